The van der Waals surface area contributed by atoms with Gasteiger partial charge in [0.1, 0.15) is 0 Å². The van der Waals surface area contributed by atoms with E-state index in [-0.39, 0.29) is 0 Å². The van der Waals surface area contributed by atoms with Gasteiger partial charge in [0, 0.05) is 5.69 Å². The fourth-order valence-electron chi connectivity index (χ4n) is 2.63. The number of aromatic nitrogens is 2. The van der Waals surface area contributed by atoms with E-state index in [1.165, 1.54) is 10.8 Å². The molecule has 3 aromatic carbocycles. The van der Waals surface area contributed by atoms with Crippen molar-refractivity contribution in [3.05, 3.63) is 66.7 Å². The molecule has 4 aromatic rings. The highest BCUT2D eigenvalue weighted by Gasteiger charge is 2.09. The van der Waals surface area contributed by atoms with Crippen LogP contribution in [0.3, 0.4) is 0 Å². The lowest BCUT2D eigenvalue weighted by Crippen LogP contribution is -2.00. The molecule has 0 atom stereocenters. The van der Waals surface area contributed by atoms with Crippen molar-refractivity contribution < 1.29 is 0 Å². The summed E-state index contributed by atoms with van der Waals surface area (Å²) in [6, 6.07) is 22.6. The summed E-state index contributed by atoms with van der Waals surface area (Å²) in [5.74, 6) is 0.515. The summed E-state index contributed by atoms with van der Waals surface area (Å²) >= 11 is 0. The Morgan fingerprint density at radius 1 is 0.800 bits per heavy atom. The first-order valence-electron chi connectivity index (χ1n) is 6.55. The first-order valence-corrected chi connectivity index (χ1v) is 6.55. The molecule has 3 nitrogen and oxygen atoms in total. The zero-order valence-corrected chi connectivity index (χ0v) is 10.8. The van der Waals surface area contributed by atoms with Crippen LogP contribution in [-0.4, -0.2) is 9.55 Å². The Balaban J connectivity index is 2.03. The fraction of sp³-hybridized carbons (Fsp3) is 0. The van der Waals surface area contributed by atoms with Gasteiger partial charge in [0.15, 0.2) is 0 Å². The van der Waals surface area contributed by atoms with E-state index in [2.05, 4.69) is 35.3 Å². The van der Waals surface area contributed by atoms with Gasteiger partial charge < -0.3 is 5.73 Å². The van der Waals surface area contributed by atoms with Gasteiger partial charge in [0.05, 0.1) is 11.0 Å². The summed E-state index contributed by atoms with van der Waals surface area (Å²) in [5.41, 5.74) is 9.06. The monoisotopic (exact) mass is 259 g/mol. The molecule has 0 amide bonds. The molecule has 96 valence electrons. The molecule has 0 spiro atoms. The first-order chi connectivity index (χ1) is 9.83. The second kappa shape index (κ2) is 4.10. The summed E-state index contributed by atoms with van der Waals surface area (Å²) < 4.78 is 1.99. The van der Waals surface area contributed by atoms with E-state index >= 15 is 0 Å². The van der Waals surface area contributed by atoms with Crippen molar-refractivity contribution in [3.63, 3.8) is 0 Å². The van der Waals surface area contributed by atoms with E-state index in [4.69, 9.17) is 5.73 Å². The number of nitrogen functional groups attached to an aromatic ring is 1. The van der Waals surface area contributed by atoms with Crippen LogP contribution in [0.25, 0.3) is 27.5 Å². The highest BCUT2D eigenvalue weighted by atomic mass is 15.2. The van der Waals surface area contributed by atoms with Crippen molar-refractivity contribution in [3.8, 4) is 5.69 Å². The van der Waals surface area contributed by atoms with Crippen molar-refractivity contribution in [2.24, 2.45) is 0 Å². The minimum absolute atomic E-state index is 0.515. The van der Waals surface area contributed by atoms with Gasteiger partial charge in [-0.15, -0.1) is 0 Å². The average Bonchev–Trinajstić information content (AvgIpc) is 2.82. The minimum Gasteiger partial charge on any atom is -0.369 e. The molecule has 0 aliphatic rings. The number of para-hydroxylation sites is 2. The molecule has 0 radical (unpaired) electrons. The number of fused-ring (bicyclic) bond motifs is 2. The van der Waals surface area contributed by atoms with Crippen LogP contribution in [0.4, 0.5) is 5.95 Å². The summed E-state index contributed by atoms with van der Waals surface area (Å²) in [5, 5.41) is 2.42. The summed E-state index contributed by atoms with van der Waals surface area (Å²) in [4.78, 5) is 4.41. The van der Waals surface area contributed by atoms with Gasteiger partial charge in [-0.2, -0.15) is 0 Å². The van der Waals surface area contributed by atoms with Crippen molar-refractivity contribution in [1.82, 2.24) is 9.55 Å². The molecule has 3 heteroatoms. The van der Waals surface area contributed by atoms with Crippen LogP contribution in [-0.2, 0) is 0 Å². The lowest BCUT2D eigenvalue weighted by atomic mass is 10.1. The third kappa shape index (κ3) is 1.57. The number of anilines is 1. The highest BCUT2D eigenvalue weighted by molar-refractivity contribution is 5.86. The number of nitrogens with zero attached hydrogens (tertiary/aromatic N) is 2. The van der Waals surface area contributed by atoms with E-state index < -0.39 is 0 Å². The van der Waals surface area contributed by atoms with E-state index in [1.54, 1.807) is 0 Å². The van der Waals surface area contributed by atoms with Gasteiger partial charge in [-0.25, -0.2) is 4.98 Å². The third-order valence-electron chi connectivity index (χ3n) is 3.58. The number of rotatable bonds is 1. The minimum atomic E-state index is 0.515. The van der Waals surface area contributed by atoms with Gasteiger partial charge in [0.2, 0.25) is 5.95 Å². The Labute approximate surface area is 116 Å². The molecular weight excluding hydrogens is 246 g/mol. The van der Waals surface area contributed by atoms with Crippen LogP contribution in [0.2, 0.25) is 0 Å². The summed E-state index contributed by atoms with van der Waals surface area (Å²) in [6.45, 7) is 0. The second-order valence-electron chi connectivity index (χ2n) is 4.83. The second-order valence-corrected chi connectivity index (χ2v) is 4.83. The smallest absolute Gasteiger partial charge is 0.205 e. The van der Waals surface area contributed by atoms with Crippen LogP contribution in [0.15, 0.2) is 66.7 Å². The Bertz CT molecular complexity index is 922. The molecule has 20 heavy (non-hydrogen) atoms. The maximum atomic E-state index is 6.08. The molecular formula is C17H13N3. The Morgan fingerprint density at radius 2 is 1.55 bits per heavy atom. The maximum Gasteiger partial charge on any atom is 0.205 e. The van der Waals surface area contributed by atoms with Gasteiger partial charge in [0.25, 0.3) is 0 Å². The number of hydrogen-bond donors (Lipinski definition) is 1. The molecule has 0 fully saturated rings. The molecule has 0 unspecified atom stereocenters. The van der Waals surface area contributed by atoms with Crippen molar-refractivity contribution in [1.29, 1.82) is 0 Å². The van der Waals surface area contributed by atoms with Crippen LogP contribution >= 0.6 is 0 Å². The lowest BCUT2D eigenvalue weighted by Gasteiger charge is -2.08. The van der Waals surface area contributed by atoms with Crippen molar-refractivity contribution in [2.45, 2.75) is 0 Å². The lowest BCUT2D eigenvalue weighted by molar-refractivity contribution is 1.11. The van der Waals surface area contributed by atoms with Crippen LogP contribution in [0.1, 0.15) is 0 Å². The van der Waals surface area contributed by atoms with E-state index in [9.17, 15) is 0 Å². The number of imidazole rings is 1. The topological polar surface area (TPSA) is 43.8 Å². The SMILES string of the molecule is Nc1nc2ccccc2n1-c1ccc2ccccc2c1. The van der Waals surface area contributed by atoms with E-state index in [1.807, 2.05) is 41.0 Å². The molecule has 0 aliphatic heterocycles. The molecule has 0 aliphatic carbocycles. The molecule has 1 aromatic heterocycles. The largest absolute Gasteiger partial charge is 0.369 e. The normalized spacial score (nSPS) is 11.2. The Morgan fingerprint density at radius 3 is 2.45 bits per heavy atom. The maximum absolute atomic E-state index is 6.08. The average molecular weight is 259 g/mol. The molecule has 0 saturated carbocycles. The summed E-state index contributed by atoms with van der Waals surface area (Å²) in [7, 11) is 0. The predicted octanol–water partition coefficient (Wildman–Crippen LogP) is 3.76. The number of hydrogen-bond acceptors (Lipinski definition) is 2. The molecule has 0 saturated heterocycles. The van der Waals surface area contributed by atoms with E-state index in [0.29, 0.717) is 5.95 Å². The Kier molecular flexibility index (Phi) is 2.27. The highest BCUT2D eigenvalue weighted by Crippen LogP contribution is 2.25. The van der Waals surface area contributed by atoms with Gasteiger partial charge in [-0.1, -0.05) is 42.5 Å². The van der Waals surface area contributed by atoms with Crippen LogP contribution in [0, 0.1) is 0 Å². The molecule has 2 N–H and O–H groups in total. The quantitative estimate of drug-likeness (QED) is 0.565. The Hall–Kier alpha value is -2.81. The third-order valence-corrected chi connectivity index (χ3v) is 3.58. The number of nitrogens with two attached hydrogens (primary N) is 1. The summed E-state index contributed by atoms with van der Waals surface area (Å²) in [6.07, 6.45) is 0. The van der Waals surface area contributed by atoms with E-state index in [0.717, 1.165) is 16.7 Å². The van der Waals surface area contributed by atoms with Gasteiger partial charge in [-0.3, -0.25) is 4.57 Å². The zero-order valence-electron chi connectivity index (χ0n) is 10.8. The zero-order chi connectivity index (χ0) is 13.5. The van der Waals surface area contributed by atoms with Crippen molar-refractivity contribution >= 4 is 27.8 Å². The fourth-order valence-corrected chi connectivity index (χ4v) is 2.63. The molecule has 0 bridgehead atoms. The van der Waals surface area contributed by atoms with Gasteiger partial charge >= 0.3 is 0 Å². The number of benzene rings is 3. The standard InChI is InChI=1S/C17H13N3/c18-17-19-15-7-3-4-8-16(15)20(17)14-10-9-12-5-1-2-6-13(12)11-14/h1-11H,(H2,18,19). The molecule has 1 heterocycles. The van der Waals surface area contributed by atoms with Gasteiger partial charge in [-0.05, 0) is 35.0 Å². The first kappa shape index (κ1) is 11.1. The van der Waals surface area contributed by atoms with Crippen molar-refractivity contribution in [2.75, 3.05) is 5.73 Å². The predicted molar refractivity (Wildman–Crippen MR) is 83.0 cm³/mol. The van der Waals surface area contributed by atoms with Crippen LogP contribution < -0.4 is 5.73 Å². The van der Waals surface area contributed by atoms with Crippen LogP contribution in [0.5, 0.6) is 0 Å². The molecule has 4 rings (SSSR count).